The number of carbonyl (C=O) groups excluding carboxylic acids is 1. The van der Waals surface area contributed by atoms with Crippen LogP contribution in [-0.4, -0.2) is 33.9 Å². The summed E-state index contributed by atoms with van der Waals surface area (Å²) < 4.78 is 2.33. The lowest BCUT2D eigenvalue weighted by Crippen LogP contribution is -2.43. The Kier molecular flexibility index (Phi) is 9.08. The average molecular weight is 477 g/mol. The zero-order valence-corrected chi connectivity index (χ0v) is 20.9. The Morgan fingerprint density at radius 2 is 1.65 bits per heavy atom. The molecule has 1 aromatic heterocycles. The second-order valence-electron chi connectivity index (χ2n) is 8.86. The number of carbonyl (C=O) groups is 1. The van der Waals surface area contributed by atoms with Gasteiger partial charge in [-0.2, -0.15) is 0 Å². The normalized spacial score (nSPS) is 14.1. The molecular formula is C28H36N4OS. The molecule has 5 nitrogen and oxygen atoms in total. The van der Waals surface area contributed by atoms with Crippen LogP contribution in [0.1, 0.15) is 51.9 Å². The van der Waals surface area contributed by atoms with E-state index in [9.17, 15) is 4.79 Å². The van der Waals surface area contributed by atoms with Crippen LogP contribution in [0.3, 0.4) is 0 Å². The van der Waals surface area contributed by atoms with E-state index in [1.54, 1.807) is 11.8 Å². The maximum absolute atomic E-state index is 12.1. The molecule has 6 heteroatoms. The Labute approximate surface area is 207 Å². The highest BCUT2D eigenvalue weighted by molar-refractivity contribution is 7.99. The van der Waals surface area contributed by atoms with Gasteiger partial charge in [-0.25, -0.2) is 9.78 Å². The molecule has 0 bridgehead atoms. The SMILES string of the molecule is CCn1c(SCCCCNC(=O)NC2CCCCC2)nc(-c2ccccc2)c1-c1ccccc1. The second-order valence-corrected chi connectivity index (χ2v) is 9.92. The number of nitrogens with one attached hydrogen (secondary N) is 2. The zero-order valence-electron chi connectivity index (χ0n) is 20.1. The first kappa shape index (κ1) is 24.4. The second kappa shape index (κ2) is 12.7. The molecule has 1 heterocycles. The van der Waals surface area contributed by atoms with Crippen LogP contribution < -0.4 is 10.6 Å². The summed E-state index contributed by atoms with van der Waals surface area (Å²) in [5, 5.41) is 7.21. The Hall–Kier alpha value is -2.73. The number of thioether (sulfide) groups is 1. The Bertz CT molecular complexity index is 1030. The van der Waals surface area contributed by atoms with Gasteiger partial charge in [-0.05, 0) is 32.6 Å². The molecule has 1 aliphatic rings. The topological polar surface area (TPSA) is 59.0 Å². The van der Waals surface area contributed by atoms with E-state index >= 15 is 0 Å². The highest BCUT2D eigenvalue weighted by Crippen LogP contribution is 2.36. The molecule has 0 saturated heterocycles. The minimum atomic E-state index is -0.0129. The standard InChI is InChI=1S/C28H36N4OS/c1-2-32-26(23-16-8-4-9-17-23)25(22-14-6-3-7-15-22)31-28(32)34-21-13-12-20-29-27(33)30-24-18-10-5-11-19-24/h3-4,6-9,14-17,24H,2,5,10-13,18-21H2,1H3,(H2,29,30,33). The molecule has 0 unspecified atom stereocenters. The van der Waals surface area contributed by atoms with Gasteiger partial charge in [0.05, 0.1) is 11.4 Å². The third-order valence-corrected chi connectivity index (χ3v) is 7.43. The van der Waals surface area contributed by atoms with Crippen molar-refractivity contribution in [2.24, 2.45) is 0 Å². The monoisotopic (exact) mass is 476 g/mol. The number of hydrogen-bond donors (Lipinski definition) is 2. The van der Waals surface area contributed by atoms with Gasteiger partial charge < -0.3 is 15.2 Å². The molecule has 1 aliphatic carbocycles. The van der Waals surface area contributed by atoms with E-state index < -0.39 is 0 Å². The first-order valence-electron chi connectivity index (χ1n) is 12.6. The van der Waals surface area contributed by atoms with Gasteiger partial charge in [-0.1, -0.05) is 91.7 Å². The maximum Gasteiger partial charge on any atom is 0.315 e. The summed E-state index contributed by atoms with van der Waals surface area (Å²) >= 11 is 1.81. The summed E-state index contributed by atoms with van der Waals surface area (Å²) in [4.78, 5) is 17.2. The van der Waals surface area contributed by atoms with Crippen LogP contribution in [-0.2, 0) is 6.54 Å². The number of imidazole rings is 1. The highest BCUT2D eigenvalue weighted by atomic mass is 32.2. The van der Waals surface area contributed by atoms with Crippen molar-refractivity contribution in [3.8, 4) is 22.5 Å². The molecule has 1 saturated carbocycles. The number of benzene rings is 2. The first-order chi connectivity index (χ1) is 16.8. The average Bonchev–Trinajstić information content (AvgIpc) is 3.26. The third kappa shape index (κ3) is 6.44. The molecule has 34 heavy (non-hydrogen) atoms. The predicted molar refractivity (Wildman–Crippen MR) is 142 cm³/mol. The fraction of sp³-hybridized carbons (Fsp3) is 0.429. The highest BCUT2D eigenvalue weighted by Gasteiger charge is 2.19. The fourth-order valence-electron chi connectivity index (χ4n) is 4.60. The van der Waals surface area contributed by atoms with Crippen LogP contribution in [0.15, 0.2) is 65.8 Å². The van der Waals surface area contributed by atoms with E-state index in [2.05, 4.69) is 76.7 Å². The van der Waals surface area contributed by atoms with Crippen LogP contribution >= 0.6 is 11.8 Å². The van der Waals surface area contributed by atoms with Crippen molar-refractivity contribution < 1.29 is 4.79 Å². The molecule has 0 spiro atoms. The lowest BCUT2D eigenvalue weighted by Gasteiger charge is -2.22. The van der Waals surface area contributed by atoms with Gasteiger partial charge in [0.25, 0.3) is 0 Å². The summed E-state index contributed by atoms with van der Waals surface area (Å²) in [6, 6.07) is 21.3. The van der Waals surface area contributed by atoms with E-state index in [0.717, 1.165) is 54.4 Å². The van der Waals surface area contributed by atoms with Crippen molar-refractivity contribution in [2.75, 3.05) is 12.3 Å². The molecule has 4 rings (SSSR count). The Morgan fingerprint density at radius 1 is 0.971 bits per heavy atom. The van der Waals surface area contributed by atoms with Crippen molar-refractivity contribution in [2.45, 2.75) is 69.6 Å². The van der Waals surface area contributed by atoms with Crippen LogP contribution in [0.5, 0.6) is 0 Å². The van der Waals surface area contributed by atoms with Gasteiger partial charge in [0, 0.05) is 36.0 Å². The summed E-state index contributed by atoms with van der Waals surface area (Å²) in [7, 11) is 0. The minimum absolute atomic E-state index is 0.0129. The number of aromatic nitrogens is 2. The largest absolute Gasteiger partial charge is 0.338 e. The van der Waals surface area contributed by atoms with Crippen molar-refractivity contribution in [1.82, 2.24) is 20.2 Å². The van der Waals surface area contributed by atoms with E-state index in [1.165, 1.54) is 30.5 Å². The Balaban J connectivity index is 1.34. The molecule has 2 amide bonds. The zero-order chi connectivity index (χ0) is 23.6. The summed E-state index contributed by atoms with van der Waals surface area (Å²) in [6.07, 6.45) is 7.99. The lowest BCUT2D eigenvalue weighted by atomic mass is 9.96. The van der Waals surface area contributed by atoms with Crippen molar-refractivity contribution in [3.63, 3.8) is 0 Å². The fourth-order valence-corrected chi connectivity index (χ4v) is 5.66. The molecule has 0 atom stereocenters. The molecule has 0 radical (unpaired) electrons. The van der Waals surface area contributed by atoms with Crippen LogP contribution in [0.4, 0.5) is 4.79 Å². The van der Waals surface area contributed by atoms with Gasteiger partial charge in [0.2, 0.25) is 0 Å². The number of unbranched alkanes of at least 4 members (excludes halogenated alkanes) is 1. The van der Waals surface area contributed by atoms with E-state index in [0.29, 0.717) is 12.6 Å². The van der Waals surface area contributed by atoms with E-state index in [-0.39, 0.29) is 6.03 Å². The molecule has 0 aliphatic heterocycles. The lowest BCUT2D eigenvalue weighted by molar-refractivity contribution is 0.232. The van der Waals surface area contributed by atoms with Crippen molar-refractivity contribution in [1.29, 1.82) is 0 Å². The van der Waals surface area contributed by atoms with Crippen molar-refractivity contribution in [3.05, 3.63) is 60.7 Å². The third-order valence-electron chi connectivity index (χ3n) is 6.37. The molecule has 180 valence electrons. The van der Waals surface area contributed by atoms with Gasteiger partial charge in [0.1, 0.15) is 0 Å². The van der Waals surface area contributed by atoms with E-state index in [4.69, 9.17) is 4.98 Å². The Morgan fingerprint density at radius 3 is 2.32 bits per heavy atom. The quantitative estimate of drug-likeness (QED) is 0.252. The number of rotatable bonds is 10. The van der Waals surface area contributed by atoms with Crippen LogP contribution in [0.2, 0.25) is 0 Å². The summed E-state index contributed by atoms with van der Waals surface area (Å²) in [6.45, 7) is 3.77. The molecule has 3 aromatic rings. The summed E-state index contributed by atoms with van der Waals surface area (Å²) in [5.41, 5.74) is 4.55. The van der Waals surface area contributed by atoms with Gasteiger partial charge in [0.15, 0.2) is 5.16 Å². The van der Waals surface area contributed by atoms with E-state index in [1.807, 2.05) is 6.07 Å². The van der Waals surface area contributed by atoms with Gasteiger partial charge in [-0.15, -0.1) is 0 Å². The predicted octanol–water partition coefficient (Wildman–Crippen LogP) is 6.74. The minimum Gasteiger partial charge on any atom is -0.338 e. The van der Waals surface area contributed by atoms with Crippen LogP contribution in [0.25, 0.3) is 22.5 Å². The molecular weight excluding hydrogens is 440 g/mol. The molecule has 1 fully saturated rings. The smallest absolute Gasteiger partial charge is 0.315 e. The maximum atomic E-state index is 12.1. The number of nitrogens with zero attached hydrogens (tertiary/aromatic N) is 2. The molecule has 2 N–H and O–H groups in total. The number of urea groups is 1. The number of amides is 2. The summed E-state index contributed by atoms with van der Waals surface area (Å²) in [5.74, 6) is 0.978. The van der Waals surface area contributed by atoms with Gasteiger partial charge >= 0.3 is 6.03 Å². The van der Waals surface area contributed by atoms with Gasteiger partial charge in [-0.3, -0.25) is 0 Å². The first-order valence-corrected chi connectivity index (χ1v) is 13.6. The van der Waals surface area contributed by atoms with Crippen LogP contribution in [0, 0.1) is 0 Å². The number of hydrogen-bond acceptors (Lipinski definition) is 3. The molecule has 2 aromatic carbocycles. The van der Waals surface area contributed by atoms with Crippen molar-refractivity contribution >= 4 is 17.8 Å².